The number of hydrogen-bond donors (Lipinski definition) is 2. The first-order chi connectivity index (χ1) is 15.0. The van der Waals surface area contributed by atoms with E-state index in [1.165, 1.54) is 0 Å². The van der Waals surface area contributed by atoms with E-state index in [4.69, 9.17) is 5.10 Å². The molecule has 1 aliphatic heterocycles. The summed E-state index contributed by atoms with van der Waals surface area (Å²) in [7, 11) is 0. The van der Waals surface area contributed by atoms with Gasteiger partial charge in [0.2, 0.25) is 11.8 Å². The second kappa shape index (κ2) is 9.14. The molecular weight excluding hydrogens is 390 g/mol. The first-order valence-corrected chi connectivity index (χ1v) is 10.6. The minimum absolute atomic E-state index is 0.0188. The summed E-state index contributed by atoms with van der Waals surface area (Å²) in [6.45, 7) is 5.34. The standard InChI is InChI=1S/C24H27N5O2/c1-17(2)23-24(31)25-13-14-28(23)16-22(30)26-21-15-20(18-9-5-3-6-10-18)27-29(21)19-11-7-4-8-12-19/h3-12,15,17,23H,13-14,16H2,1-2H3,(H,25,31)(H,26,30). The van der Waals surface area contributed by atoms with Crippen LogP contribution in [-0.4, -0.2) is 52.2 Å². The minimum Gasteiger partial charge on any atom is -0.353 e. The summed E-state index contributed by atoms with van der Waals surface area (Å²) in [5, 5.41) is 10.6. The smallest absolute Gasteiger partial charge is 0.239 e. The Morgan fingerprint density at radius 1 is 1.13 bits per heavy atom. The molecule has 31 heavy (non-hydrogen) atoms. The molecule has 2 heterocycles. The van der Waals surface area contributed by atoms with Crippen LogP contribution in [0.4, 0.5) is 5.82 Å². The zero-order valence-electron chi connectivity index (χ0n) is 17.8. The number of amides is 2. The average molecular weight is 418 g/mol. The molecule has 1 fully saturated rings. The molecule has 1 aliphatic rings. The maximum absolute atomic E-state index is 13.0. The molecule has 1 saturated heterocycles. The van der Waals surface area contributed by atoms with Crippen molar-refractivity contribution in [3.8, 4) is 16.9 Å². The van der Waals surface area contributed by atoms with Gasteiger partial charge >= 0.3 is 0 Å². The van der Waals surface area contributed by atoms with E-state index in [-0.39, 0.29) is 30.3 Å². The highest BCUT2D eigenvalue weighted by Crippen LogP contribution is 2.25. The Labute approximate surface area is 182 Å². The van der Waals surface area contributed by atoms with Gasteiger partial charge in [0.05, 0.1) is 24.0 Å². The number of nitrogens with one attached hydrogen (secondary N) is 2. The van der Waals surface area contributed by atoms with Gasteiger partial charge in [-0.2, -0.15) is 5.10 Å². The lowest BCUT2D eigenvalue weighted by Crippen LogP contribution is -2.58. The fourth-order valence-corrected chi connectivity index (χ4v) is 3.99. The lowest BCUT2D eigenvalue weighted by molar-refractivity contribution is -0.132. The molecule has 0 radical (unpaired) electrons. The molecule has 0 spiro atoms. The lowest BCUT2D eigenvalue weighted by atomic mass is 10.00. The molecule has 1 atom stereocenters. The third-order valence-electron chi connectivity index (χ3n) is 5.39. The minimum atomic E-state index is -0.307. The number of benzene rings is 2. The molecule has 0 aliphatic carbocycles. The van der Waals surface area contributed by atoms with Crippen LogP contribution in [0.2, 0.25) is 0 Å². The summed E-state index contributed by atoms with van der Waals surface area (Å²) in [5.41, 5.74) is 2.61. The topological polar surface area (TPSA) is 79.3 Å². The summed E-state index contributed by atoms with van der Waals surface area (Å²) in [6.07, 6.45) is 0. The van der Waals surface area contributed by atoms with Crippen LogP contribution in [-0.2, 0) is 9.59 Å². The van der Waals surface area contributed by atoms with Gasteiger partial charge < -0.3 is 10.6 Å². The van der Waals surface area contributed by atoms with Crippen molar-refractivity contribution in [3.63, 3.8) is 0 Å². The number of aromatic nitrogens is 2. The van der Waals surface area contributed by atoms with Crippen molar-refractivity contribution in [2.45, 2.75) is 19.9 Å². The number of nitrogens with zero attached hydrogens (tertiary/aromatic N) is 3. The third-order valence-corrected chi connectivity index (χ3v) is 5.39. The first-order valence-electron chi connectivity index (χ1n) is 10.6. The fraction of sp³-hybridized carbons (Fsp3) is 0.292. The molecular formula is C24H27N5O2. The average Bonchev–Trinajstić information content (AvgIpc) is 3.18. The molecule has 2 N–H and O–H groups in total. The zero-order valence-corrected chi connectivity index (χ0v) is 17.8. The number of piperazine rings is 1. The van der Waals surface area contributed by atoms with Gasteiger partial charge in [0.25, 0.3) is 0 Å². The number of carbonyl (C=O) groups excluding carboxylic acids is 2. The molecule has 3 aromatic rings. The van der Waals surface area contributed by atoms with E-state index in [0.29, 0.717) is 18.9 Å². The van der Waals surface area contributed by atoms with Crippen molar-refractivity contribution < 1.29 is 9.59 Å². The van der Waals surface area contributed by atoms with E-state index in [1.54, 1.807) is 4.68 Å². The van der Waals surface area contributed by atoms with Crippen LogP contribution in [0.3, 0.4) is 0 Å². The Balaban J connectivity index is 1.59. The Hall–Kier alpha value is -3.45. The SMILES string of the molecule is CC(C)C1C(=O)NCCN1CC(=O)Nc1cc(-c2ccccc2)nn1-c1ccccc1. The Morgan fingerprint density at radius 2 is 1.81 bits per heavy atom. The number of carbonyl (C=O) groups is 2. The number of para-hydroxylation sites is 1. The predicted molar refractivity (Wildman–Crippen MR) is 121 cm³/mol. The van der Waals surface area contributed by atoms with E-state index < -0.39 is 0 Å². The first kappa shape index (κ1) is 20.8. The van der Waals surface area contributed by atoms with Crippen LogP contribution in [0.25, 0.3) is 16.9 Å². The molecule has 7 nitrogen and oxygen atoms in total. The van der Waals surface area contributed by atoms with E-state index >= 15 is 0 Å². The van der Waals surface area contributed by atoms with Gasteiger partial charge in [-0.05, 0) is 18.1 Å². The van der Waals surface area contributed by atoms with Gasteiger partial charge in [0, 0.05) is 24.7 Å². The predicted octanol–water partition coefficient (Wildman–Crippen LogP) is 2.93. The van der Waals surface area contributed by atoms with Crippen molar-refractivity contribution >= 4 is 17.6 Å². The molecule has 4 rings (SSSR count). The lowest BCUT2D eigenvalue weighted by Gasteiger charge is -2.36. The van der Waals surface area contributed by atoms with Crippen LogP contribution in [0.15, 0.2) is 66.7 Å². The van der Waals surface area contributed by atoms with Crippen LogP contribution in [0.5, 0.6) is 0 Å². The van der Waals surface area contributed by atoms with Crippen LogP contribution < -0.4 is 10.6 Å². The van der Waals surface area contributed by atoms with Crippen molar-refractivity contribution in [2.75, 3.05) is 25.0 Å². The number of rotatable bonds is 6. The third kappa shape index (κ3) is 4.67. The monoisotopic (exact) mass is 417 g/mol. The van der Waals surface area contributed by atoms with Gasteiger partial charge in [-0.3, -0.25) is 14.5 Å². The second-order valence-electron chi connectivity index (χ2n) is 8.03. The summed E-state index contributed by atoms with van der Waals surface area (Å²) >= 11 is 0. The molecule has 0 saturated carbocycles. The van der Waals surface area contributed by atoms with Crippen molar-refractivity contribution in [3.05, 3.63) is 66.7 Å². The van der Waals surface area contributed by atoms with Gasteiger partial charge in [0.15, 0.2) is 0 Å². The zero-order chi connectivity index (χ0) is 21.8. The largest absolute Gasteiger partial charge is 0.353 e. The molecule has 2 amide bonds. The summed E-state index contributed by atoms with van der Waals surface area (Å²) in [5.74, 6) is 0.525. The summed E-state index contributed by atoms with van der Waals surface area (Å²) in [6, 6.07) is 21.1. The Morgan fingerprint density at radius 3 is 2.48 bits per heavy atom. The maximum Gasteiger partial charge on any atom is 0.239 e. The molecule has 7 heteroatoms. The summed E-state index contributed by atoms with van der Waals surface area (Å²) in [4.78, 5) is 27.2. The van der Waals surface area contributed by atoms with Crippen molar-refractivity contribution in [1.29, 1.82) is 0 Å². The van der Waals surface area contributed by atoms with Crippen molar-refractivity contribution in [1.82, 2.24) is 20.0 Å². The number of hydrogen-bond acceptors (Lipinski definition) is 4. The Kier molecular flexibility index (Phi) is 6.13. The highest BCUT2D eigenvalue weighted by molar-refractivity contribution is 5.93. The quantitative estimate of drug-likeness (QED) is 0.646. The van der Waals surface area contributed by atoms with Gasteiger partial charge in [0.1, 0.15) is 5.82 Å². The highest BCUT2D eigenvalue weighted by atomic mass is 16.2. The van der Waals surface area contributed by atoms with Crippen LogP contribution in [0.1, 0.15) is 13.8 Å². The normalized spacial score (nSPS) is 16.9. The number of anilines is 1. The molecule has 0 bridgehead atoms. The molecule has 2 aromatic carbocycles. The van der Waals surface area contributed by atoms with Crippen molar-refractivity contribution in [2.24, 2.45) is 5.92 Å². The van der Waals surface area contributed by atoms with E-state index in [0.717, 1.165) is 16.9 Å². The van der Waals surface area contributed by atoms with Gasteiger partial charge in [-0.1, -0.05) is 62.4 Å². The highest BCUT2D eigenvalue weighted by Gasteiger charge is 2.33. The van der Waals surface area contributed by atoms with E-state index in [2.05, 4.69) is 10.6 Å². The second-order valence-corrected chi connectivity index (χ2v) is 8.03. The molecule has 1 unspecified atom stereocenters. The Bertz CT molecular complexity index is 1050. The fourth-order valence-electron chi connectivity index (χ4n) is 3.99. The van der Waals surface area contributed by atoms with E-state index in [9.17, 15) is 9.59 Å². The van der Waals surface area contributed by atoms with Crippen LogP contribution in [0, 0.1) is 5.92 Å². The van der Waals surface area contributed by atoms with Crippen LogP contribution >= 0.6 is 0 Å². The maximum atomic E-state index is 13.0. The van der Waals surface area contributed by atoms with Gasteiger partial charge in [-0.25, -0.2) is 4.68 Å². The van der Waals surface area contributed by atoms with Gasteiger partial charge in [-0.15, -0.1) is 0 Å². The van der Waals surface area contributed by atoms with E-state index in [1.807, 2.05) is 85.5 Å². The summed E-state index contributed by atoms with van der Waals surface area (Å²) < 4.78 is 1.74. The molecule has 1 aromatic heterocycles. The molecule has 160 valence electrons.